The zero-order chi connectivity index (χ0) is 11.7. The standard InChI is InChI=1S/C12H9Cl2NO/c1-7-11(10(16)5-6-15-7)8-3-2-4-9(13)12(8)14/h2-6H,1H3,(H,15,16). The van der Waals surface area contributed by atoms with Gasteiger partial charge in [-0.1, -0.05) is 35.3 Å². The second kappa shape index (κ2) is 4.32. The Labute approximate surface area is 103 Å². The number of aromatic amines is 1. The van der Waals surface area contributed by atoms with Crippen LogP contribution in [-0.4, -0.2) is 4.98 Å². The molecule has 1 aromatic heterocycles. The molecule has 0 atom stereocenters. The Hall–Kier alpha value is -1.25. The van der Waals surface area contributed by atoms with E-state index in [4.69, 9.17) is 23.2 Å². The van der Waals surface area contributed by atoms with Crippen molar-refractivity contribution < 1.29 is 0 Å². The molecule has 0 fully saturated rings. The van der Waals surface area contributed by atoms with Crippen LogP contribution in [-0.2, 0) is 0 Å². The molecule has 0 amide bonds. The third-order valence-corrected chi connectivity index (χ3v) is 3.20. The van der Waals surface area contributed by atoms with Gasteiger partial charge in [-0.3, -0.25) is 4.79 Å². The number of rotatable bonds is 1. The van der Waals surface area contributed by atoms with E-state index in [-0.39, 0.29) is 5.43 Å². The molecule has 1 aromatic carbocycles. The molecule has 82 valence electrons. The van der Waals surface area contributed by atoms with Crippen LogP contribution in [0.3, 0.4) is 0 Å². The lowest BCUT2D eigenvalue weighted by Gasteiger charge is -2.07. The van der Waals surface area contributed by atoms with Crippen LogP contribution >= 0.6 is 23.2 Å². The van der Waals surface area contributed by atoms with Crippen molar-refractivity contribution in [1.29, 1.82) is 0 Å². The Morgan fingerprint density at radius 1 is 1.19 bits per heavy atom. The number of halogens is 2. The lowest BCUT2D eigenvalue weighted by molar-refractivity contribution is 1.19. The summed E-state index contributed by atoms with van der Waals surface area (Å²) in [5.74, 6) is 0. The number of aryl methyl sites for hydroxylation is 1. The van der Waals surface area contributed by atoms with Crippen molar-refractivity contribution in [3.8, 4) is 11.1 Å². The third kappa shape index (κ3) is 1.86. The number of benzene rings is 1. The molecule has 0 aliphatic rings. The molecular formula is C12H9Cl2NO. The van der Waals surface area contributed by atoms with Crippen LogP contribution in [0.2, 0.25) is 10.0 Å². The molecule has 0 unspecified atom stereocenters. The van der Waals surface area contributed by atoms with Gasteiger partial charge in [-0.25, -0.2) is 0 Å². The van der Waals surface area contributed by atoms with Crippen molar-refractivity contribution in [2.75, 3.05) is 0 Å². The van der Waals surface area contributed by atoms with Gasteiger partial charge in [0.15, 0.2) is 5.43 Å². The van der Waals surface area contributed by atoms with Crippen molar-refractivity contribution in [1.82, 2.24) is 4.98 Å². The minimum Gasteiger partial charge on any atom is -0.364 e. The quantitative estimate of drug-likeness (QED) is 0.827. The number of nitrogens with one attached hydrogen (secondary N) is 1. The van der Waals surface area contributed by atoms with E-state index in [1.807, 2.05) is 6.92 Å². The number of pyridine rings is 1. The Morgan fingerprint density at radius 3 is 2.62 bits per heavy atom. The van der Waals surface area contributed by atoms with Gasteiger partial charge in [0, 0.05) is 29.1 Å². The molecular weight excluding hydrogens is 245 g/mol. The Balaban J connectivity index is 2.78. The van der Waals surface area contributed by atoms with Crippen LogP contribution in [0, 0.1) is 6.92 Å². The van der Waals surface area contributed by atoms with Crippen LogP contribution in [0.15, 0.2) is 35.3 Å². The summed E-state index contributed by atoms with van der Waals surface area (Å²) in [6, 6.07) is 6.72. The van der Waals surface area contributed by atoms with Crippen LogP contribution in [0.25, 0.3) is 11.1 Å². The van der Waals surface area contributed by atoms with Crippen molar-refractivity contribution >= 4 is 23.2 Å². The molecule has 0 bridgehead atoms. The topological polar surface area (TPSA) is 32.9 Å². The van der Waals surface area contributed by atoms with E-state index in [1.165, 1.54) is 6.07 Å². The van der Waals surface area contributed by atoms with Gasteiger partial charge in [0.1, 0.15) is 0 Å². The molecule has 0 saturated carbocycles. The van der Waals surface area contributed by atoms with Crippen LogP contribution < -0.4 is 5.43 Å². The Bertz CT molecular complexity index is 590. The molecule has 1 N–H and O–H groups in total. The van der Waals surface area contributed by atoms with Gasteiger partial charge in [-0.15, -0.1) is 0 Å². The molecule has 0 spiro atoms. The van der Waals surface area contributed by atoms with Crippen molar-refractivity contribution in [2.24, 2.45) is 0 Å². The Kier molecular flexibility index (Phi) is 3.03. The first kappa shape index (κ1) is 11.2. The minimum absolute atomic E-state index is 0.0691. The fraction of sp³-hybridized carbons (Fsp3) is 0.0833. The van der Waals surface area contributed by atoms with Crippen LogP contribution in [0.4, 0.5) is 0 Å². The molecule has 0 aliphatic carbocycles. The zero-order valence-corrected chi connectivity index (χ0v) is 10.1. The van der Waals surface area contributed by atoms with E-state index in [9.17, 15) is 4.79 Å². The zero-order valence-electron chi connectivity index (χ0n) is 8.55. The number of hydrogen-bond acceptors (Lipinski definition) is 1. The summed E-state index contributed by atoms with van der Waals surface area (Å²) in [6.07, 6.45) is 1.61. The van der Waals surface area contributed by atoms with Crippen molar-refractivity contribution in [2.45, 2.75) is 6.92 Å². The fourth-order valence-corrected chi connectivity index (χ4v) is 2.01. The average Bonchev–Trinajstić information content (AvgIpc) is 2.24. The van der Waals surface area contributed by atoms with E-state index in [0.29, 0.717) is 21.2 Å². The van der Waals surface area contributed by atoms with E-state index in [2.05, 4.69) is 4.98 Å². The van der Waals surface area contributed by atoms with Crippen LogP contribution in [0.1, 0.15) is 5.69 Å². The summed E-state index contributed by atoms with van der Waals surface area (Å²) in [5.41, 5.74) is 1.93. The number of hydrogen-bond donors (Lipinski definition) is 1. The Morgan fingerprint density at radius 2 is 1.94 bits per heavy atom. The summed E-state index contributed by atoms with van der Waals surface area (Å²) in [7, 11) is 0. The summed E-state index contributed by atoms with van der Waals surface area (Å²) in [5, 5.41) is 0.853. The highest BCUT2D eigenvalue weighted by Crippen LogP contribution is 2.32. The smallest absolute Gasteiger partial charge is 0.189 e. The monoisotopic (exact) mass is 253 g/mol. The molecule has 2 rings (SSSR count). The normalized spacial score (nSPS) is 10.4. The second-order valence-electron chi connectivity index (χ2n) is 3.44. The molecule has 0 radical (unpaired) electrons. The van der Waals surface area contributed by atoms with Gasteiger partial charge in [0.2, 0.25) is 0 Å². The maximum atomic E-state index is 11.8. The predicted molar refractivity (Wildman–Crippen MR) is 67.3 cm³/mol. The van der Waals surface area contributed by atoms with Gasteiger partial charge in [-0.05, 0) is 13.0 Å². The third-order valence-electron chi connectivity index (χ3n) is 2.38. The second-order valence-corrected chi connectivity index (χ2v) is 4.23. The number of H-pyrrole nitrogens is 1. The van der Waals surface area contributed by atoms with E-state index < -0.39 is 0 Å². The summed E-state index contributed by atoms with van der Waals surface area (Å²) in [4.78, 5) is 14.8. The van der Waals surface area contributed by atoms with Gasteiger partial charge >= 0.3 is 0 Å². The summed E-state index contributed by atoms with van der Waals surface area (Å²) in [6.45, 7) is 1.83. The van der Waals surface area contributed by atoms with Crippen molar-refractivity contribution in [3.05, 3.63) is 56.4 Å². The maximum Gasteiger partial charge on any atom is 0.189 e. The predicted octanol–water partition coefficient (Wildman–Crippen LogP) is 3.66. The molecule has 2 aromatic rings. The first-order chi connectivity index (χ1) is 7.61. The minimum atomic E-state index is -0.0691. The van der Waals surface area contributed by atoms with E-state index in [1.54, 1.807) is 24.4 Å². The molecule has 2 nitrogen and oxygen atoms in total. The summed E-state index contributed by atoms with van der Waals surface area (Å²) < 4.78 is 0. The van der Waals surface area contributed by atoms with Crippen LogP contribution in [0.5, 0.6) is 0 Å². The summed E-state index contributed by atoms with van der Waals surface area (Å²) >= 11 is 12.0. The van der Waals surface area contributed by atoms with Gasteiger partial charge < -0.3 is 4.98 Å². The lowest BCUT2D eigenvalue weighted by atomic mass is 10.0. The van der Waals surface area contributed by atoms with Gasteiger partial charge in [0.05, 0.1) is 10.0 Å². The SMILES string of the molecule is Cc1[nH]ccc(=O)c1-c1cccc(Cl)c1Cl. The molecule has 0 aliphatic heterocycles. The first-order valence-corrected chi connectivity index (χ1v) is 5.49. The first-order valence-electron chi connectivity index (χ1n) is 4.74. The van der Waals surface area contributed by atoms with Gasteiger partial charge in [-0.2, -0.15) is 0 Å². The van der Waals surface area contributed by atoms with Gasteiger partial charge in [0.25, 0.3) is 0 Å². The molecule has 16 heavy (non-hydrogen) atoms. The number of aromatic nitrogens is 1. The largest absolute Gasteiger partial charge is 0.364 e. The lowest BCUT2D eigenvalue weighted by Crippen LogP contribution is -2.06. The molecule has 1 heterocycles. The molecule has 0 saturated heterocycles. The maximum absolute atomic E-state index is 11.8. The average molecular weight is 254 g/mol. The highest BCUT2D eigenvalue weighted by Gasteiger charge is 2.11. The van der Waals surface area contributed by atoms with E-state index in [0.717, 1.165) is 5.69 Å². The molecule has 4 heteroatoms. The van der Waals surface area contributed by atoms with E-state index >= 15 is 0 Å². The van der Waals surface area contributed by atoms with Crippen molar-refractivity contribution in [3.63, 3.8) is 0 Å². The highest BCUT2D eigenvalue weighted by atomic mass is 35.5. The highest BCUT2D eigenvalue weighted by molar-refractivity contribution is 6.43. The fourth-order valence-electron chi connectivity index (χ4n) is 1.61.